The molecule has 1 aromatic heterocycles. The number of carbonyl (C=O) groups is 1. The Bertz CT molecular complexity index is 897. The van der Waals surface area contributed by atoms with E-state index in [2.05, 4.69) is 4.98 Å². The van der Waals surface area contributed by atoms with Crippen molar-refractivity contribution in [2.45, 2.75) is 16.5 Å². The number of benzene rings is 2. The zero-order chi connectivity index (χ0) is 15.7. The lowest BCUT2D eigenvalue weighted by atomic mass is 10.1. The molecule has 0 saturated heterocycles. The molecule has 0 amide bonds. The standard InChI is InChI=1S/C16H13NO3S2/c1-11(18)15(12-7-3-2-4-8-12)22(19,20)16-17-13-9-5-6-10-14(13)21-16/h2-10,15H,1H3. The molecule has 0 aliphatic rings. The fraction of sp³-hybridized carbons (Fsp3) is 0.125. The Morgan fingerprint density at radius 3 is 2.32 bits per heavy atom. The molecule has 6 heteroatoms. The van der Waals surface area contributed by atoms with E-state index in [0.717, 1.165) is 16.0 Å². The first-order chi connectivity index (χ1) is 10.5. The van der Waals surface area contributed by atoms with Crippen molar-refractivity contribution in [3.05, 3.63) is 60.2 Å². The molecule has 4 nitrogen and oxygen atoms in total. The van der Waals surface area contributed by atoms with Gasteiger partial charge in [0.2, 0.25) is 14.2 Å². The number of thiazole rings is 1. The summed E-state index contributed by atoms with van der Waals surface area (Å²) >= 11 is 1.09. The quantitative estimate of drug-likeness (QED) is 0.735. The van der Waals surface area contributed by atoms with Crippen LogP contribution in [0.2, 0.25) is 0 Å². The minimum Gasteiger partial charge on any atom is -0.298 e. The highest BCUT2D eigenvalue weighted by atomic mass is 32.2. The second kappa shape index (κ2) is 5.62. The first-order valence-corrected chi connectivity index (χ1v) is 9.01. The van der Waals surface area contributed by atoms with Crippen LogP contribution < -0.4 is 0 Å². The van der Waals surface area contributed by atoms with Crippen LogP contribution in [-0.2, 0) is 14.6 Å². The fourth-order valence-corrected chi connectivity index (χ4v) is 5.43. The van der Waals surface area contributed by atoms with E-state index in [1.165, 1.54) is 6.92 Å². The van der Waals surface area contributed by atoms with Gasteiger partial charge in [-0.05, 0) is 24.6 Å². The monoisotopic (exact) mass is 331 g/mol. The molecule has 0 bridgehead atoms. The zero-order valence-electron chi connectivity index (χ0n) is 11.8. The van der Waals surface area contributed by atoms with Crippen LogP contribution >= 0.6 is 11.3 Å². The molecule has 1 heterocycles. The summed E-state index contributed by atoms with van der Waals surface area (Å²) in [5.74, 6) is -0.412. The van der Waals surface area contributed by atoms with Gasteiger partial charge in [0, 0.05) is 0 Å². The molecule has 3 aromatic rings. The van der Waals surface area contributed by atoms with E-state index >= 15 is 0 Å². The summed E-state index contributed by atoms with van der Waals surface area (Å²) in [6.07, 6.45) is 0. The van der Waals surface area contributed by atoms with Gasteiger partial charge in [-0.25, -0.2) is 13.4 Å². The number of aromatic nitrogens is 1. The van der Waals surface area contributed by atoms with Gasteiger partial charge < -0.3 is 0 Å². The third kappa shape index (κ3) is 2.55. The Balaban J connectivity index is 2.15. The van der Waals surface area contributed by atoms with E-state index in [1.54, 1.807) is 42.5 Å². The average molecular weight is 331 g/mol. The normalized spacial score (nSPS) is 13.1. The van der Waals surface area contributed by atoms with E-state index in [4.69, 9.17) is 0 Å². The van der Waals surface area contributed by atoms with Crippen LogP contribution in [0.3, 0.4) is 0 Å². The Morgan fingerprint density at radius 1 is 1.05 bits per heavy atom. The summed E-state index contributed by atoms with van der Waals surface area (Å²) in [6, 6.07) is 15.7. The molecule has 0 saturated carbocycles. The number of fused-ring (bicyclic) bond motifs is 1. The number of sulfone groups is 1. The van der Waals surface area contributed by atoms with Crippen molar-refractivity contribution in [3.63, 3.8) is 0 Å². The van der Waals surface area contributed by atoms with Gasteiger partial charge in [0.05, 0.1) is 10.2 Å². The zero-order valence-corrected chi connectivity index (χ0v) is 13.4. The van der Waals surface area contributed by atoms with Crippen molar-refractivity contribution in [1.29, 1.82) is 0 Å². The van der Waals surface area contributed by atoms with Gasteiger partial charge in [-0.3, -0.25) is 4.79 Å². The molecule has 2 aromatic carbocycles. The summed E-state index contributed by atoms with van der Waals surface area (Å²) in [5.41, 5.74) is 1.09. The van der Waals surface area contributed by atoms with Crippen molar-refractivity contribution in [2.75, 3.05) is 0 Å². The number of carbonyl (C=O) groups excluding carboxylic acids is 1. The van der Waals surface area contributed by atoms with Gasteiger partial charge in [-0.15, -0.1) is 11.3 Å². The summed E-state index contributed by atoms with van der Waals surface area (Å²) in [7, 11) is -3.86. The minimum atomic E-state index is -3.86. The Morgan fingerprint density at radius 2 is 1.68 bits per heavy atom. The third-order valence-electron chi connectivity index (χ3n) is 3.30. The number of para-hydroxylation sites is 1. The molecule has 0 fully saturated rings. The first-order valence-electron chi connectivity index (χ1n) is 6.65. The lowest BCUT2D eigenvalue weighted by Gasteiger charge is -2.13. The van der Waals surface area contributed by atoms with E-state index in [0.29, 0.717) is 11.1 Å². The van der Waals surface area contributed by atoms with Crippen molar-refractivity contribution in [1.82, 2.24) is 4.98 Å². The topological polar surface area (TPSA) is 64.1 Å². The molecule has 1 unspecified atom stereocenters. The fourth-order valence-electron chi connectivity index (χ4n) is 2.33. The molecule has 3 rings (SSSR count). The van der Waals surface area contributed by atoms with Gasteiger partial charge in [-0.1, -0.05) is 42.5 Å². The molecule has 0 aliphatic carbocycles. The second-order valence-electron chi connectivity index (χ2n) is 4.89. The lowest BCUT2D eigenvalue weighted by Crippen LogP contribution is -2.20. The molecule has 0 aliphatic heterocycles. The predicted molar refractivity (Wildman–Crippen MR) is 86.7 cm³/mol. The smallest absolute Gasteiger partial charge is 0.219 e. The number of hydrogen-bond donors (Lipinski definition) is 0. The maximum atomic E-state index is 12.9. The van der Waals surface area contributed by atoms with Gasteiger partial charge in [0.15, 0.2) is 11.0 Å². The number of Topliss-reactive ketones (excluding diaryl/α,β-unsaturated/α-hetero) is 1. The Labute approximate surface area is 132 Å². The van der Waals surface area contributed by atoms with Gasteiger partial charge in [0.25, 0.3) is 0 Å². The number of rotatable bonds is 4. The maximum Gasteiger partial charge on any atom is 0.219 e. The van der Waals surface area contributed by atoms with Crippen LogP contribution in [0.5, 0.6) is 0 Å². The van der Waals surface area contributed by atoms with Gasteiger partial charge in [-0.2, -0.15) is 0 Å². The minimum absolute atomic E-state index is 0.0160. The van der Waals surface area contributed by atoms with Crippen molar-refractivity contribution in [3.8, 4) is 0 Å². The first kappa shape index (κ1) is 14.9. The summed E-state index contributed by atoms with van der Waals surface area (Å²) in [4.78, 5) is 16.2. The number of nitrogens with zero attached hydrogens (tertiary/aromatic N) is 1. The maximum absolute atomic E-state index is 12.9. The van der Waals surface area contributed by atoms with Crippen LogP contribution in [0.15, 0.2) is 58.9 Å². The van der Waals surface area contributed by atoms with Gasteiger partial charge in [0.1, 0.15) is 0 Å². The van der Waals surface area contributed by atoms with Crippen molar-refractivity contribution < 1.29 is 13.2 Å². The van der Waals surface area contributed by atoms with Crippen LogP contribution in [-0.4, -0.2) is 19.2 Å². The Kier molecular flexibility index (Phi) is 3.80. The third-order valence-corrected chi connectivity index (χ3v) is 6.88. The van der Waals surface area contributed by atoms with Crippen molar-refractivity contribution in [2.24, 2.45) is 0 Å². The molecule has 112 valence electrons. The van der Waals surface area contributed by atoms with Crippen LogP contribution in [0.1, 0.15) is 17.7 Å². The Hall–Kier alpha value is -2.05. The summed E-state index contributed by atoms with van der Waals surface area (Å²) in [5, 5.41) is -1.21. The molecule has 0 spiro atoms. The van der Waals surface area contributed by atoms with E-state index in [1.807, 2.05) is 12.1 Å². The highest BCUT2D eigenvalue weighted by molar-refractivity contribution is 7.94. The molecule has 1 atom stereocenters. The van der Waals surface area contributed by atoms with E-state index < -0.39 is 20.9 Å². The molecular formula is C16H13NO3S2. The van der Waals surface area contributed by atoms with Crippen LogP contribution in [0, 0.1) is 0 Å². The second-order valence-corrected chi connectivity index (χ2v) is 8.13. The summed E-state index contributed by atoms with van der Waals surface area (Å²) in [6.45, 7) is 1.29. The molecular weight excluding hydrogens is 318 g/mol. The largest absolute Gasteiger partial charge is 0.298 e. The van der Waals surface area contributed by atoms with E-state index in [9.17, 15) is 13.2 Å². The molecule has 0 radical (unpaired) electrons. The predicted octanol–water partition coefficient (Wildman–Crippen LogP) is 3.40. The SMILES string of the molecule is CC(=O)C(c1ccccc1)S(=O)(=O)c1nc2ccccc2s1. The molecule has 22 heavy (non-hydrogen) atoms. The summed E-state index contributed by atoms with van der Waals surface area (Å²) < 4.78 is 26.5. The van der Waals surface area contributed by atoms with Gasteiger partial charge >= 0.3 is 0 Å². The number of hydrogen-bond acceptors (Lipinski definition) is 5. The van der Waals surface area contributed by atoms with Crippen molar-refractivity contribution >= 4 is 37.2 Å². The highest BCUT2D eigenvalue weighted by Gasteiger charge is 2.35. The van der Waals surface area contributed by atoms with Crippen LogP contribution in [0.25, 0.3) is 10.2 Å². The molecule has 0 N–H and O–H groups in total. The number of ketones is 1. The van der Waals surface area contributed by atoms with Crippen LogP contribution in [0.4, 0.5) is 0 Å². The lowest BCUT2D eigenvalue weighted by molar-refractivity contribution is -0.116. The van der Waals surface area contributed by atoms with E-state index in [-0.39, 0.29) is 4.34 Å². The average Bonchev–Trinajstić information content (AvgIpc) is 2.92. The highest BCUT2D eigenvalue weighted by Crippen LogP contribution is 2.34.